The lowest BCUT2D eigenvalue weighted by atomic mass is 10.1. The van der Waals surface area contributed by atoms with E-state index in [0.29, 0.717) is 15.4 Å². The van der Waals surface area contributed by atoms with Gasteiger partial charge in [-0.25, -0.2) is 13.8 Å². The van der Waals surface area contributed by atoms with Crippen LogP contribution in [-0.2, 0) is 17.8 Å². The number of benzene rings is 2. The van der Waals surface area contributed by atoms with Crippen molar-refractivity contribution in [3.63, 3.8) is 0 Å². The Bertz CT molecular complexity index is 1110. The van der Waals surface area contributed by atoms with Crippen molar-refractivity contribution in [2.75, 3.05) is 4.90 Å². The molecule has 0 spiro atoms. The van der Waals surface area contributed by atoms with E-state index in [9.17, 15) is 13.6 Å². The van der Waals surface area contributed by atoms with Crippen LogP contribution in [0.3, 0.4) is 0 Å². The molecule has 0 unspecified atom stereocenters. The van der Waals surface area contributed by atoms with Crippen molar-refractivity contribution in [1.29, 1.82) is 0 Å². The Morgan fingerprint density at radius 1 is 1.00 bits per heavy atom. The SMILES string of the molecule is O=C(Cc1ccc(F)cc1)N(Cc1cccnc1)c1nc2c(F)cccc2s1. The van der Waals surface area contributed by atoms with Crippen LogP contribution in [0.2, 0.25) is 0 Å². The topological polar surface area (TPSA) is 46.1 Å². The van der Waals surface area contributed by atoms with E-state index in [1.807, 2.05) is 6.07 Å². The molecule has 0 aliphatic heterocycles. The number of rotatable bonds is 5. The van der Waals surface area contributed by atoms with E-state index in [2.05, 4.69) is 9.97 Å². The van der Waals surface area contributed by atoms with E-state index < -0.39 is 5.82 Å². The van der Waals surface area contributed by atoms with Crippen molar-refractivity contribution >= 4 is 32.6 Å². The number of anilines is 1. The van der Waals surface area contributed by atoms with Crippen LogP contribution in [0.1, 0.15) is 11.1 Å². The molecule has 2 heterocycles. The van der Waals surface area contributed by atoms with Crippen molar-refractivity contribution < 1.29 is 13.6 Å². The smallest absolute Gasteiger partial charge is 0.233 e. The first-order chi connectivity index (χ1) is 13.6. The minimum atomic E-state index is -0.424. The van der Waals surface area contributed by atoms with Crippen molar-refractivity contribution in [3.05, 3.63) is 89.8 Å². The molecule has 4 nitrogen and oxygen atoms in total. The lowest BCUT2D eigenvalue weighted by Gasteiger charge is -2.20. The second-order valence-corrected chi connectivity index (χ2v) is 7.24. The van der Waals surface area contributed by atoms with Gasteiger partial charge in [-0.05, 0) is 41.5 Å². The van der Waals surface area contributed by atoms with E-state index in [-0.39, 0.29) is 30.2 Å². The Hall–Kier alpha value is -3.19. The molecule has 4 rings (SSSR count). The maximum atomic E-state index is 14.1. The number of aromatic nitrogens is 2. The van der Waals surface area contributed by atoms with Crippen molar-refractivity contribution in [1.82, 2.24) is 9.97 Å². The van der Waals surface area contributed by atoms with Gasteiger partial charge in [0.2, 0.25) is 5.91 Å². The summed E-state index contributed by atoms with van der Waals surface area (Å²) in [4.78, 5) is 23.0. The van der Waals surface area contributed by atoms with Gasteiger partial charge >= 0.3 is 0 Å². The minimum absolute atomic E-state index is 0.0823. The number of carbonyl (C=O) groups is 1. The molecular weight excluding hydrogens is 380 g/mol. The van der Waals surface area contributed by atoms with Crippen LogP contribution in [0, 0.1) is 11.6 Å². The molecule has 0 fully saturated rings. The van der Waals surface area contributed by atoms with Gasteiger partial charge in [-0.2, -0.15) is 0 Å². The van der Waals surface area contributed by atoms with Crippen LogP contribution in [0.4, 0.5) is 13.9 Å². The van der Waals surface area contributed by atoms with Crippen molar-refractivity contribution in [2.24, 2.45) is 0 Å². The predicted molar refractivity (Wildman–Crippen MR) is 105 cm³/mol. The summed E-state index contributed by atoms with van der Waals surface area (Å²) in [5.41, 5.74) is 1.76. The Kier molecular flexibility index (Phi) is 5.08. The number of pyridine rings is 1. The maximum absolute atomic E-state index is 14.1. The fourth-order valence-corrected chi connectivity index (χ4v) is 3.82. The van der Waals surface area contributed by atoms with Crippen molar-refractivity contribution in [3.8, 4) is 0 Å². The molecule has 7 heteroatoms. The van der Waals surface area contributed by atoms with E-state index in [4.69, 9.17) is 0 Å². The van der Waals surface area contributed by atoms with Gasteiger partial charge < -0.3 is 0 Å². The van der Waals surface area contributed by atoms with Gasteiger partial charge in [0.15, 0.2) is 5.13 Å². The van der Waals surface area contributed by atoms with E-state index in [1.54, 1.807) is 42.7 Å². The average molecular weight is 395 g/mol. The zero-order valence-electron chi connectivity index (χ0n) is 14.7. The number of amides is 1. The largest absolute Gasteiger partial charge is 0.283 e. The molecular formula is C21H15F2N3OS. The van der Waals surface area contributed by atoms with Crippen LogP contribution >= 0.6 is 11.3 Å². The molecule has 0 atom stereocenters. The lowest BCUT2D eigenvalue weighted by molar-refractivity contribution is -0.118. The highest BCUT2D eigenvalue weighted by atomic mass is 32.1. The number of fused-ring (bicyclic) bond motifs is 1. The Balaban J connectivity index is 1.69. The van der Waals surface area contributed by atoms with Gasteiger partial charge in [0, 0.05) is 12.4 Å². The summed E-state index contributed by atoms with van der Waals surface area (Å²) in [5.74, 6) is -0.993. The molecule has 0 saturated carbocycles. The number of halogens is 2. The zero-order valence-corrected chi connectivity index (χ0v) is 15.5. The predicted octanol–water partition coefficient (Wildman–Crippen LogP) is 4.75. The van der Waals surface area contributed by atoms with Gasteiger partial charge in [0.1, 0.15) is 17.2 Å². The molecule has 2 aromatic heterocycles. The van der Waals surface area contributed by atoms with Crippen molar-refractivity contribution in [2.45, 2.75) is 13.0 Å². The third kappa shape index (κ3) is 3.89. The van der Waals surface area contributed by atoms with E-state index in [1.165, 1.54) is 34.4 Å². The highest BCUT2D eigenvalue weighted by molar-refractivity contribution is 7.22. The second-order valence-electron chi connectivity index (χ2n) is 6.23. The molecule has 140 valence electrons. The summed E-state index contributed by atoms with van der Waals surface area (Å²) < 4.78 is 27.9. The monoisotopic (exact) mass is 395 g/mol. The normalized spacial score (nSPS) is 10.9. The van der Waals surface area contributed by atoms with Crippen LogP contribution < -0.4 is 4.90 Å². The Morgan fingerprint density at radius 3 is 2.54 bits per heavy atom. The van der Waals surface area contributed by atoms with Gasteiger partial charge in [0.25, 0.3) is 0 Å². The number of carbonyl (C=O) groups excluding carboxylic acids is 1. The van der Waals surface area contributed by atoms with E-state index >= 15 is 0 Å². The number of hydrogen-bond acceptors (Lipinski definition) is 4. The molecule has 0 aliphatic carbocycles. The molecule has 4 aromatic rings. The standard InChI is InChI=1S/C21H15F2N3OS/c22-16-8-6-14(7-9-16)11-19(27)26(13-15-3-2-10-24-12-15)21-25-20-17(23)4-1-5-18(20)28-21/h1-10,12H,11,13H2. The highest BCUT2D eigenvalue weighted by Crippen LogP contribution is 2.31. The molecule has 0 radical (unpaired) electrons. The fourth-order valence-electron chi connectivity index (χ4n) is 2.83. The third-order valence-electron chi connectivity index (χ3n) is 4.22. The average Bonchev–Trinajstić information content (AvgIpc) is 3.14. The molecule has 0 saturated heterocycles. The van der Waals surface area contributed by atoms with Crippen LogP contribution in [0.25, 0.3) is 10.2 Å². The van der Waals surface area contributed by atoms with Gasteiger partial charge in [-0.1, -0.05) is 35.6 Å². The first-order valence-electron chi connectivity index (χ1n) is 8.59. The van der Waals surface area contributed by atoms with Gasteiger partial charge in [-0.3, -0.25) is 14.7 Å². The third-order valence-corrected chi connectivity index (χ3v) is 5.27. The quantitative estimate of drug-likeness (QED) is 0.490. The summed E-state index contributed by atoms with van der Waals surface area (Å²) in [5, 5.41) is 0.413. The molecule has 0 bridgehead atoms. The van der Waals surface area contributed by atoms with Gasteiger partial charge in [-0.15, -0.1) is 0 Å². The van der Waals surface area contributed by atoms with E-state index in [0.717, 1.165) is 5.56 Å². The second kappa shape index (κ2) is 7.82. The van der Waals surface area contributed by atoms with Crippen LogP contribution in [0.5, 0.6) is 0 Å². The summed E-state index contributed by atoms with van der Waals surface area (Å²) in [6, 6.07) is 14.2. The molecule has 1 amide bonds. The fraction of sp³-hybridized carbons (Fsp3) is 0.0952. The number of hydrogen-bond donors (Lipinski definition) is 0. The molecule has 0 N–H and O–H groups in total. The lowest BCUT2D eigenvalue weighted by Crippen LogP contribution is -2.31. The van der Waals surface area contributed by atoms with Crippen LogP contribution in [0.15, 0.2) is 67.0 Å². The summed E-state index contributed by atoms with van der Waals surface area (Å²) in [6.45, 7) is 0.259. The highest BCUT2D eigenvalue weighted by Gasteiger charge is 2.21. The first kappa shape index (κ1) is 18.2. The Labute approximate surface area is 164 Å². The van der Waals surface area contributed by atoms with Gasteiger partial charge in [0.05, 0.1) is 17.7 Å². The first-order valence-corrected chi connectivity index (χ1v) is 9.40. The number of para-hydroxylation sites is 1. The molecule has 28 heavy (non-hydrogen) atoms. The van der Waals surface area contributed by atoms with Crippen LogP contribution in [-0.4, -0.2) is 15.9 Å². The summed E-state index contributed by atoms with van der Waals surface area (Å²) >= 11 is 1.25. The number of thiazole rings is 1. The Morgan fingerprint density at radius 2 is 1.82 bits per heavy atom. The summed E-state index contributed by atoms with van der Waals surface area (Å²) in [7, 11) is 0. The minimum Gasteiger partial charge on any atom is -0.283 e. The molecule has 2 aromatic carbocycles. The summed E-state index contributed by atoms with van der Waals surface area (Å²) in [6.07, 6.45) is 3.41. The number of nitrogens with zero attached hydrogens (tertiary/aromatic N) is 3. The zero-order chi connectivity index (χ0) is 19.5. The molecule has 0 aliphatic rings. The maximum Gasteiger partial charge on any atom is 0.233 e.